The number of rotatable bonds is 9. The van der Waals surface area contributed by atoms with Crippen molar-refractivity contribution in [3.05, 3.63) is 47.3 Å². The molecule has 0 bridgehead atoms. The molecule has 17 heteroatoms. The van der Waals surface area contributed by atoms with Crippen molar-refractivity contribution in [3.8, 4) is 11.8 Å². The van der Waals surface area contributed by atoms with E-state index in [1.807, 2.05) is 31.7 Å². The van der Waals surface area contributed by atoms with Crippen LogP contribution in [-0.2, 0) is 22.2 Å². The number of halogens is 6. The van der Waals surface area contributed by atoms with Crippen LogP contribution in [0.3, 0.4) is 0 Å². The van der Waals surface area contributed by atoms with Crippen molar-refractivity contribution in [3.63, 3.8) is 0 Å². The van der Waals surface area contributed by atoms with Gasteiger partial charge in [-0.2, -0.15) is 18.4 Å². The summed E-state index contributed by atoms with van der Waals surface area (Å²) in [4.78, 5) is 35.2. The van der Waals surface area contributed by atoms with E-state index in [1.165, 1.54) is 6.07 Å². The lowest BCUT2D eigenvalue weighted by molar-refractivity contribution is -0.141. The van der Waals surface area contributed by atoms with Crippen molar-refractivity contribution in [2.24, 2.45) is 0 Å². The average molecular weight is 742 g/mol. The molecule has 2 fully saturated rings. The predicted octanol–water partition coefficient (Wildman–Crippen LogP) is 5.58. The van der Waals surface area contributed by atoms with Crippen LogP contribution in [0.25, 0.3) is 0 Å². The highest BCUT2D eigenvalue weighted by Gasteiger charge is 2.51. The number of carbonyl (C=O) groups excluding carboxylic acids is 1. The Morgan fingerprint density at radius 2 is 1.79 bits per heavy atom. The second-order valence-corrected chi connectivity index (χ2v) is 12.3. The normalized spacial score (nSPS) is 17.7. The van der Waals surface area contributed by atoms with Crippen LogP contribution in [0, 0.1) is 11.3 Å². The van der Waals surface area contributed by atoms with Crippen LogP contribution in [0.4, 0.5) is 24.5 Å². The molecule has 1 N–H and O–H groups in total. The molecule has 0 saturated carbocycles. The summed E-state index contributed by atoms with van der Waals surface area (Å²) in [7, 11) is 0. The van der Waals surface area contributed by atoms with Crippen LogP contribution in [0.5, 0.6) is 5.75 Å². The molecule has 0 atom stereocenters. The third kappa shape index (κ3) is 8.76. The zero-order valence-electron chi connectivity index (χ0n) is 26.5. The summed E-state index contributed by atoms with van der Waals surface area (Å²) in [6.45, 7) is 12.4. The fraction of sp³-hybridized carbons (Fsp3) is 0.500. The first-order valence-electron chi connectivity index (χ1n) is 14.1. The van der Waals surface area contributed by atoms with Crippen LogP contribution in [0.2, 0.25) is 0 Å². The standard InChI is InChI=1S/C30H35F3N6O4S.3ClH/c1-6-19-13-20(7-8-24(19)43-12-11-36-9-10-37(17-25(40)41)28(2,3)18-36)39-27(44)38(26(42)29(39,4)5)21-14-22(30(31,32)33)23(15-34)35-16-21;;;/h7-8,13-14,16H,6,9-12,17-18H2,1-5H3,(H,40,41);3*1H. The number of aryl methyl sites for hydroxylation is 1. The number of amides is 1. The third-order valence-corrected chi connectivity index (χ3v) is 8.40. The highest BCUT2D eigenvalue weighted by atomic mass is 35.5. The van der Waals surface area contributed by atoms with Crippen molar-refractivity contribution >= 4 is 77.8 Å². The topological polar surface area (TPSA) is 113 Å². The van der Waals surface area contributed by atoms with Crippen molar-refractivity contribution in [2.75, 3.05) is 49.1 Å². The summed E-state index contributed by atoms with van der Waals surface area (Å²) in [6.07, 6.45) is -3.19. The van der Waals surface area contributed by atoms with Gasteiger partial charge in [-0.3, -0.25) is 24.3 Å². The minimum absolute atomic E-state index is 0. The minimum Gasteiger partial charge on any atom is -0.492 e. The van der Waals surface area contributed by atoms with E-state index in [1.54, 1.807) is 30.9 Å². The van der Waals surface area contributed by atoms with Gasteiger partial charge in [0.25, 0.3) is 5.91 Å². The third-order valence-electron chi connectivity index (χ3n) is 8.04. The molecular formula is C30H38Cl3F3N6O4S. The zero-order valence-corrected chi connectivity index (χ0v) is 29.7. The number of pyridine rings is 1. The van der Waals surface area contributed by atoms with E-state index in [2.05, 4.69) is 9.88 Å². The average Bonchev–Trinajstić information content (AvgIpc) is 3.11. The van der Waals surface area contributed by atoms with Gasteiger partial charge in [0.1, 0.15) is 24.0 Å². The Morgan fingerprint density at radius 1 is 1.13 bits per heavy atom. The highest BCUT2D eigenvalue weighted by Crippen LogP contribution is 2.40. The molecule has 1 aromatic carbocycles. The molecule has 1 aromatic heterocycles. The lowest BCUT2D eigenvalue weighted by Crippen LogP contribution is -2.60. The summed E-state index contributed by atoms with van der Waals surface area (Å²) < 4.78 is 47.0. The molecule has 47 heavy (non-hydrogen) atoms. The Kier molecular flexibility index (Phi) is 14.3. The van der Waals surface area contributed by atoms with E-state index in [0.717, 1.165) is 29.3 Å². The number of ether oxygens (including phenoxy) is 1. The van der Waals surface area contributed by atoms with Crippen molar-refractivity contribution in [1.29, 1.82) is 5.26 Å². The van der Waals surface area contributed by atoms with Crippen LogP contribution in [0.1, 0.15) is 51.4 Å². The number of benzene rings is 1. The number of alkyl halides is 3. The number of aliphatic carboxylic acids is 1. The van der Waals surface area contributed by atoms with Crippen molar-refractivity contribution in [2.45, 2.75) is 58.3 Å². The number of anilines is 2. The molecule has 0 radical (unpaired) electrons. The summed E-state index contributed by atoms with van der Waals surface area (Å²) in [5.74, 6) is -0.716. The number of nitriles is 1. The van der Waals surface area contributed by atoms with Crippen LogP contribution < -0.4 is 14.5 Å². The number of aromatic nitrogens is 1. The van der Waals surface area contributed by atoms with Crippen LogP contribution >= 0.6 is 49.4 Å². The van der Waals surface area contributed by atoms with E-state index < -0.39 is 34.8 Å². The molecule has 0 unspecified atom stereocenters. The van der Waals surface area contributed by atoms with E-state index in [0.29, 0.717) is 44.1 Å². The highest BCUT2D eigenvalue weighted by molar-refractivity contribution is 7.81. The Morgan fingerprint density at radius 3 is 2.34 bits per heavy atom. The Bertz CT molecular complexity index is 1520. The number of hydrogen-bond acceptors (Lipinski definition) is 8. The van der Waals surface area contributed by atoms with Gasteiger partial charge in [-0.25, -0.2) is 4.98 Å². The van der Waals surface area contributed by atoms with Crippen molar-refractivity contribution < 1.29 is 32.6 Å². The molecule has 10 nitrogen and oxygen atoms in total. The maximum absolute atomic E-state index is 13.6. The van der Waals surface area contributed by atoms with E-state index in [9.17, 15) is 27.9 Å². The first kappa shape index (κ1) is 42.1. The molecule has 2 aromatic rings. The summed E-state index contributed by atoms with van der Waals surface area (Å²) >= 11 is 5.64. The van der Waals surface area contributed by atoms with Gasteiger partial charge < -0.3 is 14.7 Å². The number of carboxylic acids is 1. The molecule has 2 aliphatic rings. The fourth-order valence-corrected chi connectivity index (χ4v) is 6.20. The molecule has 0 spiro atoms. The van der Waals surface area contributed by atoms with Gasteiger partial charge in [-0.15, -0.1) is 37.2 Å². The lowest BCUT2D eigenvalue weighted by atomic mass is 9.99. The van der Waals surface area contributed by atoms with Crippen LogP contribution in [-0.4, -0.2) is 87.3 Å². The number of piperazine rings is 1. The van der Waals surface area contributed by atoms with Gasteiger partial charge in [0.15, 0.2) is 10.8 Å². The number of thiocarbonyl (C=S) groups is 1. The van der Waals surface area contributed by atoms with Gasteiger partial charge in [0.05, 0.1) is 24.0 Å². The Labute approximate surface area is 296 Å². The van der Waals surface area contributed by atoms with E-state index in [4.69, 9.17) is 22.2 Å². The van der Waals surface area contributed by atoms with Gasteiger partial charge >= 0.3 is 12.1 Å². The molecule has 1 amide bonds. The summed E-state index contributed by atoms with van der Waals surface area (Å²) in [5.41, 5.74) is -2.29. The second kappa shape index (κ2) is 16.0. The number of carbonyl (C=O) groups is 2. The molecule has 260 valence electrons. The van der Waals surface area contributed by atoms with Crippen LogP contribution in [0.15, 0.2) is 30.5 Å². The van der Waals surface area contributed by atoms with Gasteiger partial charge in [-0.1, -0.05) is 6.92 Å². The first-order chi connectivity index (χ1) is 20.5. The number of nitrogens with zero attached hydrogens (tertiary/aromatic N) is 6. The lowest BCUT2D eigenvalue weighted by Gasteiger charge is -2.46. The predicted molar refractivity (Wildman–Crippen MR) is 183 cm³/mol. The van der Waals surface area contributed by atoms with Gasteiger partial charge in [0, 0.05) is 37.4 Å². The second-order valence-electron chi connectivity index (χ2n) is 11.9. The van der Waals surface area contributed by atoms with Gasteiger partial charge in [-0.05, 0) is 76.2 Å². The number of carboxylic acid groups (broad SMARTS) is 1. The van der Waals surface area contributed by atoms with E-state index >= 15 is 0 Å². The first-order valence-corrected chi connectivity index (χ1v) is 14.5. The maximum Gasteiger partial charge on any atom is 0.419 e. The molecule has 3 heterocycles. The van der Waals surface area contributed by atoms with E-state index in [-0.39, 0.29) is 60.1 Å². The fourth-order valence-electron chi connectivity index (χ4n) is 5.68. The SMILES string of the molecule is CCc1cc(N2C(=S)N(c3cnc(C#N)c(C(F)(F)F)c3)C(=O)C2(C)C)ccc1OCCN1CCN(CC(=O)O)C(C)(C)C1.Cl.Cl.Cl. The van der Waals surface area contributed by atoms with Gasteiger partial charge in [0.2, 0.25) is 0 Å². The quantitative estimate of drug-likeness (QED) is 0.327. The summed E-state index contributed by atoms with van der Waals surface area (Å²) in [5, 5.41) is 18.3. The summed E-state index contributed by atoms with van der Waals surface area (Å²) in [6, 6.07) is 7.56. The molecule has 2 saturated heterocycles. The Balaban J connectivity index is 0.00000368. The Hall–Kier alpha value is -2.93. The maximum atomic E-state index is 13.6. The minimum atomic E-state index is -4.84. The zero-order chi connectivity index (χ0) is 32.6. The molecule has 4 rings (SSSR count). The smallest absolute Gasteiger partial charge is 0.419 e. The largest absolute Gasteiger partial charge is 0.492 e. The van der Waals surface area contributed by atoms with Crippen molar-refractivity contribution in [1.82, 2.24) is 14.8 Å². The molecular weight excluding hydrogens is 704 g/mol. The number of hydrogen-bond donors (Lipinski definition) is 1. The molecule has 2 aliphatic heterocycles. The molecule has 0 aliphatic carbocycles. The monoisotopic (exact) mass is 740 g/mol.